The van der Waals surface area contributed by atoms with Crippen LogP contribution in [0.5, 0.6) is 5.75 Å². The maximum atomic E-state index is 13.1. The first kappa shape index (κ1) is 24.1. The Morgan fingerprint density at radius 3 is 2.27 bits per heavy atom. The molecule has 3 aromatic carbocycles. The second-order valence-electron chi connectivity index (χ2n) is 10.0. The number of hydrogen-bond donors (Lipinski definition) is 1. The number of anilines is 1. The van der Waals surface area contributed by atoms with E-state index in [0.29, 0.717) is 17.7 Å². The van der Waals surface area contributed by atoms with Gasteiger partial charge in [-0.1, -0.05) is 56.3 Å². The molecule has 0 spiro atoms. The second-order valence-corrected chi connectivity index (χ2v) is 10.0. The van der Waals surface area contributed by atoms with Crippen molar-refractivity contribution in [2.45, 2.75) is 33.6 Å². The summed E-state index contributed by atoms with van der Waals surface area (Å²) in [6.45, 7) is 6.21. The molecule has 6 heteroatoms. The van der Waals surface area contributed by atoms with Gasteiger partial charge >= 0.3 is 5.97 Å². The van der Waals surface area contributed by atoms with E-state index < -0.39 is 5.97 Å². The van der Waals surface area contributed by atoms with Gasteiger partial charge in [0.1, 0.15) is 11.5 Å². The van der Waals surface area contributed by atoms with Crippen LogP contribution < -0.4 is 10.2 Å². The molecule has 1 heterocycles. The zero-order valence-electron chi connectivity index (χ0n) is 21.0. The van der Waals surface area contributed by atoms with Gasteiger partial charge in [-0.25, -0.2) is 4.79 Å². The molecule has 184 valence electrons. The summed E-state index contributed by atoms with van der Waals surface area (Å²) in [5.74, 6) is 0.846. The molecule has 0 saturated carbocycles. The minimum absolute atomic E-state index is 0.0586. The van der Waals surface area contributed by atoms with Crippen LogP contribution in [-0.4, -0.2) is 11.7 Å². The Hall–Kier alpha value is -4.63. The monoisotopic (exact) mass is 489 g/mol. The van der Waals surface area contributed by atoms with E-state index >= 15 is 0 Å². The highest BCUT2D eigenvalue weighted by molar-refractivity contribution is 6.06. The number of furan rings is 1. The molecule has 1 aliphatic rings. The van der Waals surface area contributed by atoms with Gasteiger partial charge in [-0.05, 0) is 66.3 Å². The highest BCUT2D eigenvalue weighted by Gasteiger charge is 2.36. The predicted octanol–water partition coefficient (Wildman–Crippen LogP) is 7.13. The van der Waals surface area contributed by atoms with Crippen LogP contribution in [0.25, 0.3) is 11.1 Å². The van der Waals surface area contributed by atoms with Crippen molar-refractivity contribution in [1.29, 1.82) is 5.26 Å². The fourth-order valence-corrected chi connectivity index (χ4v) is 4.66. The number of benzene rings is 3. The van der Waals surface area contributed by atoms with Crippen LogP contribution in [0.4, 0.5) is 5.69 Å². The first-order valence-corrected chi connectivity index (χ1v) is 12.2. The normalized spacial score (nSPS) is 15.0. The molecule has 0 amide bonds. The maximum Gasteiger partial charge on any atom is 0.379 e. The highest BCUT2D eigenvalue weighted by atomic mass is 16.5. The van der Waals surface area contributed by atoms with Crippen LogP contribution >= 0.6 is 0 Å². The number of nitriles is 1. The van der Waals surface area contributed by atoms with Gasteiger partial charge in [-0.15, -0.1) is 0 Å². The quantitative estimate of drug-likeness (QED) is 0.183. The number of rotatable bonds is 5. The lowest BCUT2D eigenvalue weighted by Crippen LogP contribution is -2.27. The number of nitrogens with one attached hydrogen (secondary N) is 1. The van der Waals surface area contributed by atoms with Crippen molar-refractivity contribution < 1.29 is 13.9 Å². The summed E-state index contributed by atoms with van der Waals surface area (Å²) in [6.07, 6.45) is 1.46. The van der Waals surface area contributed by atoms with E-state index in [-0.39, 0.29) is 11.2 Å². The Labute approximate surface area is 216 Å². The molecule has 0 saturated heterocycles. The lowest BCUT2D eigenvalue weighted by atomic mass is 9.75. The lowest BCUT2D eigenvalue weighted by Gasteiger charge is -2.29. The van der Waals surface area contributed by atoms with Gasteiger partial charge in [0.25, 0.3) is 0 Å². The third kappa shape index (κ3) is 5.17. The van der Waals surface area contributed by atoms with E-state index in [9.17, 15) is 4.79 Å². The molecule has 1 N–H and O–H groups in total. The predicted molar refractivity (Wildman–Crippen MR) is 144 cm³/mol. The largest absolute Gasteiger partial charge is 0.453 e. The lowest BCUT2D eigenvalue weighted by molar-refractivity contribution is 0.0697. The summed E-state index contributed by atoms with van der Waals surface area (Å²) in [5, 5.41) is 13.7. The molecule has 0 bridgehead atoms. The Morgan fingerprint density at radius 2 is 1.62 bits per heavy atom. The van der Waals surface area contributed by atoms with Crippen LogP contribution in [-0.2, 0) is 6.42 Å². The van der Waals surface area contributed by atoms with E-state index in [2.05, 4.69) is 25.3 Å². The molecule has 6 nitrogen and oxygen atoms in total. The van der Waals surface area contributed by atoms with Crippen molar-refractivity contribution in [2.75, 3.05) is 5.43 Å². The van der Waals surface area contributed by atoms with Crippen LogP contribution in [0.2, 0.25) is 0 Å². The minimum atomic E-state index is -0.536. The fourth-order valence-electron chi connectivity index (χ4n) is 4.66. The molecule has 4 aromatic rings. The SMILES string of the molecule is Cc1c(C(=O)Oc2ccc(-c3ccc(C#N)cc3)cc2)oc2c1/C(=N\Nc1ccccc1)CC(C)(C)C2. The van der Waals surface area contributed by atoms with E-state index in [1.807, 2.05) is 61.5 Å². The average molecular weight is 490 g/mol. The summed E-state index contributed by atoms with van der Waals surface area (Å²) >= 11 is 0. The van der Waals surface area contributed by atoms with Gasteiger partial charge in [-0.3, -0.25) is 5.43 Å². The first-order chi connectivity index (χ1) is 17.8. The molecule has 5 rings (SSSR count). The average Bonchev–Trinajstić information content (AvgIpc) is 3.23. The summed E-state index contributed by atoms with van der Waals surface area (Å²) in [5.41, 5.74) is 9.00. The topological polar surface area (TPSA) is 87.6 Å². The van der Waals surface area contributed by atoms with E-state index in [1.165, 1.54) is 0 Å². The van der Waals surface area contributed by atoms with Crippen molar-refractivity contribution in [3.63, 3.8) is 0 Å². The molecule has 0 radical (unpaired) electrons. The van der Waals surface area contributed by atoms with Gasteiger partial charge in [0.2, 0.25) is 5.76 Å². The molecule has 0 aliphatic heterocycles. The molecule has 0 fully saturated rings. The molecule has 1 aromatic heterocycles. The van der Waals surface area contributed by atoms with E-state index in [4.69, 9.17) is 19.5 Å². The van der Waals surface area contributed by atoms with Crippen LogP contribution in [0.3, 0.4) is 0 Å². The molecule has 0 unspecified atom stereocenters. The van der Waals surface area contributed by atoms with E-state index in [0.717, 1.165) is 45.8 Å². The van der Waals surface area contributed by atoms with Crippen molar-refractivity contribution in [2.24, 2.45) is 10.5 Å². The van der Waals surface area contributed by atoms with Crippen LogP contribution in [0.15, 0.2) is 88.4 Å². The summed E-state index contributed by atoms with van der Waals surface area (Å²) < 4.78 is 11.8. The van der Waals surface area contributed by atoms with Gasteiger partial charge in [-0.2, -0.15) is 10.4 Å². The Morgan fingerprint density at radius 1 is 0.973 bits per heavy atom. The Balaban J connectivity index is 1.37. The number of esters is 1. The third-order valence-corrected chi connectivity index (χ3v) is 6.48. The van der Waals surface area contributed by atoms with Gasteiger partial charge in [0, 0.05) is 17.5 Å². The number of para-hydroxylation sites is 1. The van der Waals surface area contributed by atoms with Gasteiger partial charge in [0.15, 0.2) is 0 Å². The smallest absolute Gasteiger partial charge is 0.379 e. The molecule has 0 atom stereocenters. The number of nitrogens with zero attached hydrogens (tertiary/aromatic N) is 2. The number of ether oxygens (including phenoxy) is 1. The summed E-state index contributed by atoms with van der Waals surface area (Å²) in [6, 6.07) is 26.5. The highest BCUT2D eigenvalue weighted by Crippen LogP contribution is 2.39. The molecule has 1 aliphatic carbocycles. The number of carbonyl (C=O) groups excluding carboxylic acids is 1. The van der Waals surface area contributed by atoms with Gasteiger partial charge < -0.3 is 9.15 Å². The second kappa shape index (κ2) is 9.79. The molecule has 37 heavy (non-hydrogen) atoms. The minimum Gasteiger partial charge on any atom is -0.453 e. The van der Waals surface area contributed by atoms with Crippen molar-refractivity contribution >= 4 is 17.4 Å². The van der Waals surface area contributed by atoms with E-state index in [1.54, 1.807) is 24.3 Å². The number of fused-ring (bicyclic) bond motifs is 1. The summed E-state index contributed by atoms with van der Waals surface area (Å²) in [7, 11) is 0. The maximum absolute atomic E-state index is 13.1. The fraction of sp³-hybridized carbons (Fsp3) is 0.194. The molecular formula is C31H27N3O3. The third-order valence-electron chi connectivity index (χ3n) is 6.48. The summed E-state index contributed by atoms with van der Waals surface area (Å²) in [4.78, 5) is 13.1. The Bertz CT molecular complexity index is 1510. The number of carbonyl (C=O) groups is 1. The van der Waals surface area contributed by atoms with Gasteiger partial charge in [0.05, 0.1) is 23.0 Å². The molecular weight excluding hydrogens is 462 g/mol. The van der Waals surface area contributed by atoms with Crippen LogP contribution in [0.1, 0.15) is 53.3 Å². The van der Waals surface area contributed by atoms with Crippen LogP contribution in [0, 0.1) is 23.7 Å². The van der Waals surface area contributed by atoms with Crippen molar-refractivity contribution in [3.8, 4) is 22.9 Å². The standard InChI is InChI=1S/C31H27N3O3/c1-20-28-26(34-33-24-7-5-4-6-8-24)17-31(2,3)18-27(28)37-29(20)30(35)36-25-15-13-23(14-16-25)22-11-9-21(19-32)10-12-22/h4-16,33H,17-18H2,1-3H3/b34-26-. The zero-order chi connectivity index (χ0) is 26.0. The zero-order valence-corrected chi connectivity index (χ0v) is 21.0. The van der Waals surface area contributed by atoms with Crippen molar-refractivity contribution in [3.05, 3.63) is 107 Å². The number of hydrogen-bond acceptors (Lipinski definition) is 6. The van der Waals surface area contributed by atoms with Crippen molar-refractivity contribution in [1.82, 2.24) is 0 Å². The first-order valence-electron chi connectivity index (χ1n) is 12.2. The number of hydrazone groups is 1. The Kier molecular flexibility index (Phi) is 6.37.